The molecule has 2 rings (SSSR count). The quantitative estimate of drug-likeness (QED) is 0.783. The van der Waals surface area contributed by atoms with Gasteiger partial charge in [-0.2, -0.15) is 10.2 Å². The van der Waals surface area contributed by atoms with Gasteiger partial charge in [-0.25, -0.2) is 0 Å². The minimum atomic E-state index is 0.799. The normalized spacial score (nSPS) is 11.1. The largest absolute Gasteiger partial charge is 0.383 e. The van der Waals surface area contributed by atoms with Crippen molar-refractivity contribution in [1.82, 2.24) is 10.2 Å². The molecule has 0 aliphatic heterocycles. The summed E-state index contributed by atoms with van der Waals surface area (Å²) in [6.45, 7) is 5.55. The lowest BCUT2D eigenvalue weighted by atomic mass is 10.1. The fourth-order valence-electron chi connectivity index (χ4n) is 2.05. The molecule has 0 amide bonds. The van der Waals surface area contributed by atoms with Gasteiger partial charge >= 0.3 is 0 Å². The molecular formula is C15H21N3. The van der Waals surface area contributed by atoms with Crippen molar-refractivity contribution in [2.45, 2.75) is 33.1 Å². The SMILES string of the molecule is CC(C)CCCCNc1cnnc2ccccc12. The molecule has 18 heavy (non-hydrogen) atoms. The predicted octanol–water partition coefficient (Wildman–Crippen LogP) is 3.87. The van der Waals surface area contributed by atoms with Gasteiger partial charge in [-0.05, 0) is 18.4 Å². The van der Waals surface area contributed by atoms with Crippen LogP contribution in [0.2, 0.25) is 0 Å². The lowest BCUT2D eigenvalue weighted by Gasteiger charge is -2.09. The first-order valence-corrected chi connectivity index (χ1v) is 6.71. The summed E-state index contributed by atoms with van der Waals surface area (Å²) in [5.41, 5.74) is 2.04. The van der Waals surface area contributed by atoms with E-state index in [1.165, 1.54) is 19.3 Å². The van der Waals surface area contributed by atoms with Gasteiger partial charge in [0.2, 0.25) is 0 Å². The number of anilines is 1. The predicted molar refractivity (Wildman–Crippen MR) is 76.7 cm³/mol. The Labute approximate surface area is 109 Å². The van der Waals surface area contributed by atoms with Crippen molar-refractivity contribution < 1.29 is 0 Å². The molecule has 1 N–H and O–H groups in total. The Morgan fingerprint density at radius 2 is 2.00 bits per heavy atom. The topological polar surface area (TPSA) is 37.8 Å². The molecule has 0 aliphatic carbocycles. The van der Waals surface area contributed by atoms with Crippen molar-refractivity contribution >= 4 is 16.6 Å². The minimum Gasteiger partial charge on any atom is -0.383 e. The second kappa shape index (κ2) is 6.34. The van der Waals surface area contributed by atoms with Crippen LogP contribution in [0.4, 0.5) is 5.69 Å². The van der Waals surface area contributed by atoms with E-state index in [0.717, 1.165) is 29.1 Å². The maximum absolute atomic E-state index is 4.12. The number of benzene rings is 1. The molecule has 0 saturated heterocycles. The molecule has 3 nitrogen and oxygen atoms in total. The molecule has 0 radical (unpaired) electrons. The Morgan fingerprint density at radius 3 is 2.83 bits per heavy atom. The van der Waals surface area contributed by atoms with Gasteiger partial charge in [-0.15, -0.1) is 0 Å². The summed E-state index contributed by atoms with van der Waals surface area (Å²) >= 11 is 0. The standard InChI is InChI=1S/C15H21N3/c1-12(2)7-5-6-10-16-15-11-17-18-14-9-4-3-8-13(14)15/h3-4,8-9,11-12H,5-7,10H2,1-2H3,(H,16,18). The molecule has 96 valence electrons. The van der Waals surface area contributed by atoms with Crippen molar-refractivity contribution in [3.8, 4) is 0 Å². The van der Waals surface area contributed by atoms with Crippen molar-refractivity contribution in [2.75, 3.05) is 11.9 Å². The first-order chi connectivity index (χ1) is 8.77. The van der Waals surface area contributed by atoms with E-state index in [9.17, 15) is 0 Å². The third-order valence-corrected chi connectivity index (χ3v) is 3.07. The average Bonchev–Trinajstić information content (AvgIpc) is 2.38. The first kappa shape index (κ1) is 12.8. The van der Waals surface area contributed by atoms with Crippen LogP contribution in [-0.4, -0.2) is 16.7 Å². The number of rotatable bonds is 6. The van der Waals surface area contributed by atoms with Gasteiger partial charge in [-0.1, -0.05) is 44.9 Å². The zero-order valence-electron chi connectivity index (χ0n) is 11.2. The van der Waals surface area contributed by atoms with Crippen LogP contribution in [0.3, 0.4) is 0 Å². The number of nitrogens with zero attached hydrogens (tertiary/aromatic N) is 2. The first-order valence-electron chi connectivity index (χ1n) is 6.71. The van der Waals surface area contributed by atoms with E-state index < -0.39 is 0 Å². The van der Waals surface area contributed by atoms with Gasteiger partial charge in [0.1, 0.15) is 0 Å². The number of hydrogen-bond acceptors (Lipinski definition) is 3. The van der Waals surface area contributed by atoms with Crippen molar-refractivity contribution in [3.63, 3.8) is 0 Å². The molecule has 0 spiro atoms. The number of aromatic nitrogens is 2. The lowest BCUT2D eigenvalue weighted by Crippen LogP contribution is -2.03. The molecule has 0 fully saturated rings. The van der Waals surface area contributed by atoms with E-state index in [1.54, 1.807) is 0 Å². The molecule has 0 unspecified atom stereocenters. The maximum Gasteiger partial charge on any atom is 0.0950 e. The fraction of sp³-hybridized carbons (Fsp3) is 0.467. The van der Waals surface area contributed by atoms with Crippen LogP contribution in [0.5, 0.6) is 0 Å². The Morgan fingerprint density at radius 1 is 1.17 bits per heavy atom. The summed E-state index contributed by atoms with van der Waals surface area (Å²) in [4.78, 5) is 0. The summed E-state index contributed by atoms with van der Waals surface area (Å²) in [6, 6.07) is 8.10. The highest BCUT2D eigenvalue weighted by Gasteiger charge is 2.01. The molecule has 2 aromatic rings. The van der Waals surface area contributed by atoms with E-state index in [1.807, 2.05) is 24.4 Å². The highest BCUT2D eigenvalue weighted by molar-refractivity contribution is 5.90. The molecule has 1 aromatic carbocycles. The molecule has 0 aliphatic rings. The second-order valence-corrected chi connectivity index (χ2v) is 5.09. The second-order valence-electron chi connectivity index (χ2n) is 5.09. The zero-order chi connectivity index (χ0) is 12.8. The van der Waals surface area contributed by atoms with Crippen LogP contribution in [-0.2, 0) is 0 Å². The van der Waals surface area contributed by atoms with E-state index >= 15 is 0 Å². The highest BCUT2D eigenvalue weighted by atomic mass is 15.1. The van der Waals surface area contributed by atoms with Gasteiger partial charge < -0.3 is 5.32 Å². The van der Waals surface area contributed by atoms with Gasteiger partial charge in [0, 0.05) is 11.9 Å². The highest BCUT2D eigenvalue weighted by Crippen LogP contribution is 2.19. The Kier molecular flexibility index (Phi) is 4.51. The van der Waals surface area contributed by atoms with Crippen molar-refractivity contribution in [1.29, 1.82) is 0 Å². The van der Waals surface area contributed by atoms with E-state index in [4.69, 9.17) is 0 Å². The Hall–Kier alpha value is -1.64. The van der Waals surface area contributed by atoms with Crippen LogP contribution >= 0.6 is 0 Å². The van der Waals surface area contributed by atoms with Gasteiger partial charge in [-0.3, -0.25) is 0 Å². The number of unbranched alkanes of at least 4 members (excludes halogenated alkanes) is 1. The van der Waals surface area contributed by atoms with Crippen LogP contribution in [0.1, 0.15) is 33.1 Å². The molecule has 0 bridgehead atoms. The number of hydrogen-bond donors (Lipinski definition) is 1. The maximum atomic E-state index is 4.12. The Balaban J connectivity index is 1.91. The van der Waals surface area contributed by atoms with Gasteiger partial charge in [0.25, 0.3) is 0 Å². The summed E-state index contributed by atoms with van der Waals surface area (Å²) in [7, 11) is 0. The smallest absolute Gasteiger partial charge is 0.0950 e. The van der Waals surface area contributed by atoms with Gasteiger partial charge in [0.05, 0.1) is 17.4 Å². The molecule has 3 heteroatoms. The van der Waals surface area contributed by atoms with Gasteiger partial charge in [0.15, 0.2) is 0 Å². The van der Waals surface area contributed by atoms with E-state index in [-0.39, 0.29) is 0 Å². The number of fused-ring (bicyclic) bond motifs is 1. The fourth-order valence-corrected chi connectivity index (χ4v) is 2.05. The van der Waals surface area contributed by atoms with E-state index in [0.29, 0.717) is 0 Å². The Bertz CT molecular complexity index is 489. The monoisotopic (exact) mass is 243 g/mol. The van der Waals surface area contributed by atoms with Crippen LogP contribution < -0.4 is 5.32 Å². The third-order valence-electron chi connectivity index (χ3n) is 3.07. The molecule has 0 saturated carbocycles. The molecule has 0 atom stereocenters. The summed E-state index contributed by atoms with van der Waals surface area (Å²) < 4.78 is 0. The minimum absolute atomic E-state index is 0.799. The van der Waals surface area contributed by atoms with Crippen molar-refractivity contribution in [2.24, 2.45) is 5.92 Å². The third kappa shape index (κ3) is 3.42. The number of nitrogens with one attached hydrogen (secondary N) is 1. The van der Waals surface area contributed by atoms with Crippen LogP contribution in [0.15, 0.2) is 30.5 Å². The molecular weight excluding hydrogens is 222 g/mol. The molecule has 1 aromatic heterocycles. The van der Waals surface area contributed by atoms with Crippen molar-refractivity contribution in [3.05, 3.63) is 30.5 Å². The van der Waals surface area contributed by atoms with E-state index in [2.05, 4.69) is 35.4 Å². The van der Waals surface area contributed by atoms with Crippen LogP contribution in [0.25, 0.3) is 10.9 Å². The molecule has 1 heterocycles. The summed E-state index contributed by atoms with van der Waals surface area (Å²) in [6.07, 6.45) is 5.59. The lowest BCUT2D eigenvalue weighted by molar-refractivity contribution is 0.545. The summed E-state index contributed by atoms with van der Waals surface area (Å²) in [5, 5.41) is 12.8. The zero-order valence-corrected chi connectivity index (χ0v) is 11.2. The average molecular weight is 243 g/mol. The van der Waals surface area contributed by atoms with Crippen LogP contribution in [0, 0.1) is 5.92 Å². The summed E-state index contributed by atoms with van der Waals surface area (Å²) in [5.74, 6) is 0.799.